The van der Waals surface area contributed by atoms with Crippen LogP contribution in [-0.4, -0.2) is 34.9 Å². The van der Waals surface area contributed by atoms with Crippen molar-refractivity contribution in [2.24, 2.45) is 0 Å². The van der Waals surface area contributed by atoms with E-state index in [-0.39, 0.29) is 28.4 Å². The van der Waals surface area contributed by atoms with E-state index in [0.717, 1.165) is 5.56 Å². The quantitative estimate of drug-likeness (QED) is 0.745. The van der Waals surface area contributed by atoms with Crippen molar-refractivity contribution in [1.29, 1.82) is 0 Å². The van der Waals surface area contributed by atoms with E-state index >= 15 is 0 Å². The Morgan fingerprint density at radius 2 is 1.52 bits per heavy atom. The molecule has 0 aromatic heterocycles. The van der Waals surface area contributed by atoms with Crippen LogP contribution in [0.15, 0.2) is 29.2 Å². The van der Waals surface area contributed by atoms with Gasteiger partial charge in [0.25, 0.3) is 10.1 Å². The monoisotopic (exact) mass is 334 g/mol. The van der Waals surface area contributed by atoms with Crippen LogP contribution in [0, 0.1) is 0 Å². The molecule has 7 heteroatoms. The van der Waals surface area contributed by atoms with Crippen molar-refractivity contribution in [2.75, 3.05) is 18.1 Å². The Kier molecular flexibility index (Phi) is 5.57. The molecule has 0 bridgehead atoms. The molecule has 0 amide bonds. The van der Waals surface area contributed by atoms with Crippen molar-refractivity contribution in [3.63, 3.8) is 0 Å². The highest BCUT2D eigenvalue weighted by Crippen LogP contribution is 2.23. The number of hydrogen-bond acceptors (Lipinski definition) is 5. The number of hydrogen-bond donors (Lipinski definition) is 0. The molecule has 1 aromatic carbocycles. The topological polar surface area (TPSA) is 77.5 Å². The van der Waals surface area contributed by atoms with Crippen LogP contribution in [-0.2, 0) is 29.6 Å². The third-order valence-corrected chi connectivity index (χ3v) is 6.08. The van der Waals surface area contributed by atoms with Crippen LogP contribution < -0.4 is 0 Å². The van der Waals surface area contributed by atoms with Crippen LogP contribution in [0.1, 0.15) is 33.3 Å². The van der Waals surface area contributed by atoms with Gasteiger partial charge in [0.1, 0.15) is 0 Å². The van der Waals surface area contributed by atoms with Crippen molar-refractivity contribution in [3.8, 4) is 0 Å². The van der Waals surface area contributed by atoms with Gasteiger partial charge in [0, 0.05) is 5.75 Å². The van der Waals surface area contributed by atoms with Crippen molar-refractivity contribution in [2.45, 2.75) is 38.0 Å². The molecule has 0 radical (unpaired) electrons. The van der Waals surface area contributed by atoms with Crippen molar-refractivity contribution >= 4 is 20.0 Å². The molecule has 0 saturated heterocycles. The number of benzene rings is 1. The molecule has 0 saturated carbocycles. The molecule has 0 aliphatic heterocycles. The van der Waals surface area contributed by atoms with Gasteiger partial charge in [-0.25, -0.2) is 8.42 Å². The van der Waals surface area contributed by atoms with Crippen molar-refractivity contribution in [3.05, 3.63) is 29.8 Å². The number of sulfone groups is 1. The first-order valence-corrected chi connectivity index (χ1v) is 9.91. The zero-order valence-electron chi connectivity index (χ0n) is 12.8. The highest BCUT2D eigenvalue weighted by Gasteiger charge is 2.19. The van der Waals surface area contributed by atoms with E-state index in [2.05, 4.69) is 0 Å². The molecule has 0 atom stereocenters. The molecule has 1 aromatic rings. The number of rotatable bonds is 6. The molecule has 0 aliphatic carbocycles. The SMILES string of the molecule is CCS(=O)(=O)CCOS(=O)(=O)c1ccc(C(C)(C)C)cc1. The zero-order valence-corrected chi connectivity index (χ0v) is 14.4. The minimum Gasteiger partial charge on any atom is -0.265 e. The molecule has 0 fully saturated rings. The first kappa shape index (κ1) is 18.1. The summed E-state index contributed by atoms with van der Waals surface area (Å²) in [4.78, 5) is 0.0318. The van der Waals surface area contributed by atoms with Crippen LogP contribution >= 0.6 is 0 Å². The Bertz CT molecular complexity index is 665. The summed E-state index contributed by atoms with van der Waals surface area (Å²) in [5.41, 5.74) is 0.938. The second-order valence-electron chi connectivity index (χ2n) is 5.79. The fraction of sp³-hybridized carbons (Fsp3) is 0.571. The molecular weight excluding hydrogens is 312 g/mol. The lowest BCUT2D eigenvalue weighted by atomic mass is 9.87. The van der Waals surface area contributed by atoms with Gasteiger partial charge in [-0.15, -0.1) is 0 Å². The minimum atomic E-state index is -3.92. The predicted molar refractivity (Wildman–Crippen MR) is 82.6 cm³/mol. The first-order chi connectivity index (χ1) is 9.48. The Hall–Kier alpha value is -0.920. The van der Waals surface area contributed by atoms with E-state index in [1.54, 1.807) is 12.1 Å². The van der Waals surface area contributed by atoms with E-state index < -0.39 is 20.0 Å². The van der Waals surface area contributed by atoms with E-state index in [9.17, 15) is 16.8 Å². The highest BCUT2D eigenvalue weighted by molar-refractivity contribution is 7.91. The maximum atomic E-state index is 12.0. The van der Waals surface area contributed by atoms with Crippen LogP contribution in [0.4, 0.5) is 0 Å². The highest BCUT2D eigenvalue weighted by atomic mass is 32.2. The van der Waals surface area contributed by atoms with E-state index in [1.165, 1.54) is 19.1 Å². The van der Waals surface area contributed by atoms with Gasteiger partial charge in [-0.05, 0) is 23.1 Å². The smallest absolute Gasteiger partial charge is 0.265 e. The summed E-state index contributed by atoms with van der Waals surface area (Å²) < 4.78 is 51.3. The molecule has 21 heavy (non-hydrogen) atoms. The van der Waals surface area contributed by atoms with Gasteiger partial charge >= 0.3 is 0 Å². The Morgan fingerprint density at radius 1 is 1.00 bits per heavy atom. The molecule has 0 aliphatic rings. The molecular formula is C14H22O5S2. The maximum Gasteiger partial charge on any atom is 0.297 e. The lowest BCUT2D eigenvalue weighted by Gasteiger charge is -2.19. The molecule has 5 nitrogen and oxygen atoms in total. The van der Waals surface area contributed by atoms with Crippen molar-refractivity contribution < 1.29 is 21.0 Å². The summed E-state index contributed by atoms with van der Waals surface area (Å²) in [5, 5.41) is 0. The second kappa shape index (κ2) is 6.46. The second-order valence-corrected chi connectivity index (χ2v) is 9.87. The molecule has 0 spiro atoms. The summed E-state index contributed by atoms with van der Waals surface area (Å²) in [6.07, 6.45) is 0. The van der Waals surface area contributed by atoms with Gasteiger partial charge in [0.15, 0.2) is 9.84 Å². The van der Waals surface area contributed by atoms with Gasteiger partial charge in [0.2, 0.25) is 0 Å². The predicted octanol–water partition coefficient (Wildman–Crippen LogP) is 2.12. The third-order valence-electron chi connectivity index (χ3n) is 3.08. The Labute approximate surface area is 127 Å². The first-order valence-electron chi connectivity index (χ1n) is 6.68. The van der Waals surface area contributed by atoms with Gasteiger partial charge in [-0.3, -0.25) is 4.18 Å². The van der Waals surface area contributed by atoms with Crippen LogP contribution in [0.2, 0.25) is 0 Å². The van der Waals surface area contributed by atoms with Gasteiger partial charge in [-0.1, -0.05) is 39.8 Å². The summed E-state index contributed by atoms with van der Waals surface area (Å²) in [5.74, 6) is -0.334. The average molecular weight is 334 g/mol. The largest absolute Gasteiger partial charge is 0.297 e. The maximum absolute atomic E-state index is 12.0. The lowest BCUT2D eigenvalue weighted by Crippen LogP contribution is -2.17. The Balaban J connectivity index is 2.80. The molecule has 1 rings (SSSR count). The standard InChI is InChI=1S/C14H22O5S2/c1-5-20(15,16)11-10-19-21(17,18)13-8-6-12(7-9-13)14(2,3)4/h6-9H,5,10-11H2,1-4H3. The minimum absolute atomic E-state index is 0.0311. The Morgan fingerprint density at radius 3 is 1.95 bits per heavy atom. The van der Waals surface area contributed by atoms with E-state index in [0.29, 0.717) is 0 Å². The molecule has 120 valence electrons. The normalized spacial score (nSPS) is 13.3. The summed E-state index contributed by atoms with van der Waals surface area (Å²) in [6.45, 7) is 7.24. The van der Waals surface area contributed by atoms with E-state index in [1.807, 2.05) is 20.8 Å². The molecule has 0 unspecified atom stereocenters. The van der Waals surface area contributed by atoms with Crippen LogP contribution in [0.25, 0.3) is 0 Å². The fourth-order valence-electron chi connectivity index (χ4n) is 1.60. The summed E-state index contributed by atoms with van der Waals surface area (Å²) >= 11 is 0. The third kappa shape index (κ3) is 5.41. The molecule has 0 N–H and O–H groups in total. The summed E-state index contributed by atoms with van der Waals surface area (Å²) in [6, 6.07) is 6.42. The summed E-state index contributed by atoms with van der Waals surface area (Å²) in [7, 11) is -7.16. The lowest BCUT2D eigenvalue weighted by molar-refractivity contribution is 0.338. The zero-order chi connectivity index (χ0) is 16.3. The molecule has 0 heterocycles. The van der Waals surface area contributed by atoms with Gasteiger partial charge in [-0.2, -0.15) is 8.42 Å². The average Bonchev–Trinajstić information content (AvgIpc) is 2.37. The fourth-order valence-corrected chi connectivity index (χ4v) is 3.24. The van der Waals surface area contributed by atoms with Gasteiger partial charge in [0.05, 0.1) is 17.3 Å². The van der Waals surface area contributed by atoms with Crippen molar-refractivity contribution in [1.82, 2.24) is 0 Å². The van der Waals surface area contributed by atoms with E-state index in [4.69, 9.17) is 4.18 Å². The van der Waals surface area contributed by atoms with Crippen LogP contribution in [0.3, 0.4) is 0 Å². The van der Waals surface area contributed by atoms with Gasteiger partial charge < -0.3 is 0 Å². The van der Waals surface area contributed by atoms with Crippen LogP contribution in [0.5, 0.6) is 0 Å².